The summed E-state index contributed by atoms with van der Waals surface area (Å²) in [4.78, 5) is 13.5. The van der Waals surface area contributed by atoms with Crippen LogP contribution in [0.3, 0.4) is 0 Å². The first kappa shape index (κ1) is 15.5. The highest BCUT2D eigenvalue weighted by molar-refractivity contribution is 7.13. The molecule has 3 heterocycles. The van der Waals surface area contributed by atoms with Crippen molar-refractivity contribution in [3.8, 4) is 10.6 Å². The van der Waals surface area contributed by atoms with Crippen LogP contribution >= 0.6 is 11.3 Å². The Morgan fingerprint density at radius 1 is 1.39 bits per heavy atom. The van der Waals surface area contributed by atoms with Gasteiger partial charge in [-0.1, -0.05) is 6.07 Å². The normalized spacial score (nSPS) is 12.3. The molecule has 3 aromatic heterocycles. The van der Waals surface area contributed by atoms with E-state index in [9.17, 15) is 9.90 Å². The van der Waals surface area contributed by atoms with Gasteiger partial charge in [0.2, 0.25) is 5.91 Å². The van der Waals surface area contributed by atoms with Crippen LogP contribution in [0.2, 0.25) is 0 Å². The van der Waals surface area contributed by atoms with Gasteiger partial charge in [0.05, 0.1) is 18.0 Å². The van der Waals surface area contributed by atoms with Gasteiger partial charge in [0.25, 0.3) is 0 Å². The number of rotatable bonds is 6. The number of carbonyl (C=O) groups is 1. The minimum Gasteiger partial charge on any atom is -0.394 e. The Morgan fingerprint density at radius 2 is 2.17 bits per heavy atom. The molecule has 0 bridgehead atoms. The Balaban J connectivity index is 1.82. The van der Waals surface area contributed by atoms with Crippen LogP contribution in [-0.4, -0.2) is 32.0 Å². The van der Waals surface area contributed by atoms with E-state index in [0.29, 0.717) is 12.4 Å². The van der Waals surface area contributed by atoms with Gasteiger partial charge in [0, 0.05) is 18.5 Å². The Bertz CT molecular complexity index is 762. The van der Waals surface area contributed by atoms with Gasteiger partial charge in [-0.15, -0.1) is 11.3 Å². The summed E-state index contributed by atoms with van der Waals surface area (Å²) in [7, 11) is 0. The SMILES string of the molecule is CC(C(=O)Nc1cc(-c2cccs2)nn1CCO)n1cccc1. The summed E-state index contributed by atoms with van der Waals surface area (Å²) in [6.07, 6.45) is 3.71. The van der Waals surface area contributed by atoms with Crippen LogP contribution < -0.4 is 5.32 Å². The van der Waals surface area contributed by atoms with Crippen molar-refractivity contribution in [1.29, 1.82) is 0 Å². The van der Waals surface area contributed by atoms with Gasteiger partial charge < -0.3 is 15.0 Å². The fraction of sp³-hybridized carbons (Fsp3) is 0.250. The summed E-state index contributed by atoms with van der Waals surface area (Å²) in [6.45, 7) is 2.13. The van der Waals surface area contributed by atoms with Crippen LogP contribution in [0.5, 0.6) is 0 Å². The fourth-order valence-corrected chi connectivity index (χ4v) is 2.98. The highest BCUT2D eigenvalue weighted by atomic mass is 32.1. The van der Waals surface area contributed by atoms with E-state index in [1.54, 1.807) is 16.0 Å². The minimum absolute atomic E-state index is 0.0401. The van der Waals surface area contributed by atoms with E-state index in [0.717, 1.165) is 10.6 Å². The zero-order valence-corrected chi connectivity index (χ0v) is 13.5. The first-order valence-electron chi connectivity index (χ1n) is 7.35. The van der Waals surface area contributed by atoms with Crippen LogP contribution in [0.1, 0.15) is 13.0 Å². The lowest BCUT2D eigenvalue weighted by molar-refractivity contribution is -0.118. The van der Waals surface area contributed by atoms with Gasteiger partial charge in [-0.2, -0.15) is 5.10 Å². The maximum Gasteiger partial charge on any atom is 0.248 e. The molecule has 7 heteroatoms. The molecule has 0 aromatic carbocycles. The van der Waals surface area contributed by atoms with Gasteiger partial charge in [0.1, 0.15) is 17.6 Å². The van der Waals surface area contributed by atoms with Crippen LogP contribution in [0.4, 0.5) is 5.82 Å². The Morgan fingerprint density at radius 3 is 2.83 bits per heavy atom. The van der Waals surface area contributed by atoms with E-state index in [1.807, 2.05) is 59.6 Å². The zero-order valence-electron chi connectivity index (χ0n) is 12.7. The molecule has 3 rings (SSSR count). The maximum atomic E-state index is 12.4. The lowest BCUT2D eigenvalue weighted by Gasteiger charge is -2.14. The molecule has 0 saturated carbocycles. The molecule has 0 aliphatic carbocycles. The van der Waals surface area contributed by atoms with Crippen molar-refractivity contribution in [2.24, 2.45) is 0 Å². The van der Waals surface area contributed by atoms with E-state index in [1.165, 1.54) is 0 Å². The van der Waals surface area contributed by atoms with Crippen molar-refractivity contribution in [3.63, 3.8) is 0 Å². The smallest absolute Gasteiger partial charge is 0.248 e. The molecule has 0 aliphatic heterocycles. The Labute approximate surface area is 138 Å². The predicted molar refractivity (Wildman–Crippen MR) is 90.4 cm³/mol. The van der Waals surface area contributed by atoms with Crippen LogP contribution in [-0.2, 0) is 11.3 Å². The number of aliphatic hydroxyl groups excluding tert-OH is 1. The fourth-order valence-electron chi connectivity index (χ4n) is 2.30. The molecular formula is C16H18N4O2S. The molecule has 2 N–H and O–H groups in total. The van der Waals surface area contributed by atoms with E-state index in [4.69, 9.17) is 0 Å². The minimum atomic E-state index is -0.326. The van der Waals surface area contributed by atoms with Crippen molar-refractivity contribution >= 4 is 23.1 Å². The van der Waals surface area contributed by atoms with E-state index in [2.05, 4.69) is 10.4 Å². The largest absolute Gasteiger partial charge is 0.394 e. The average Bonchev–Trinajstić information content (AvgIpc) is 3.29. The molecule has 0 spiro atoms. The molecule has 23 heavy (non-hydrogen) atoms. The first-order valence-corrected chi connectivity index (χ1v) is 8.23. The lowest BCUT2D eigenvalue weighted by Crippen LogP contribution is -2.24. The number of aliphatic hydroxyl groups is 1. The number of anilines is 1. The molecule has 6 nitrogen and oxygen atoms in total. The number of carbonyl (C=O) groups excluding carboxylic acids is 1. The van der Waals surface area contributed by atoms with Crippen molar-refractivity contribution in [3.05, 3.63) is 48.1 Å². The molecule has 120 valence electrons. The number of nitrogens with one attached hydrogen (secondary N) is 1. The summed E-state index contributed by atoms with van der Waals surface area (Å²) in [5.74, 6) is 0.462. The molecule has 0 saturated heterocycles. The second kappa shape index (κ2) is 6.80. The molecule has 1 amide bonds. The standard InChI is InChI=1S/C16H18N4O2S/c1-12(19-6-2-3-7-19)16(22)17-15-11-13(14-5-4-10-23-14)18-20(15)8-9-21/h2-7,10-12,21H,8-9H2,1H3,(H,17,22). The van der Waals surface area contributed by atoms with Crippen LogP contribution in [0.25, 0.3) is 10.6 Å². The van der Waals surface area contributed by atoms with Crippen molar-refractivity contribution in [2.75, 3.05) is 11.9 Å². The van der Waals surface area contributed by atoms with Gasteiger partial charge in [-0.3, -0.25) is 4.79 Å². The number of nitrogens with zero attached hydrogens (tertiary/aromatic N) is 3. The third-order valence-electron chi connectivity index (χ3n) is 3.57. The predicted octanol–water partition coefficient (Wildman–Crippen LogP) is 2.61. The summed E-state index contributed by atoms with van der Waals surface area (Å²) in [6, 6.07) is 9.21. The number of hydrogen-bond acceptors (Lipinski definition) is 4. The molecular weight excluding hydrogens is 312 g/mol. The van der Waals surface area contributed by atoms with Crippen LogP contribution in [0.15, 0.2) is 48.1 Å². The third kappa shape index (κ3) is 3.35. The van der Waals surface area contributed by atoms with Crippen LogP contribution in [0, 0.1) is 0 Å². The topological polar surface area (TPSA) is 72.1 Å². The average molecular weight is 330 g/mol. The first-order chi connectivity index (χ1) is 11.2. The number of amides is 1. The summed E-state index contributed by atoms with van der Waals surface area (Å²) in [5, 5.41) is 18.5. The number of thiophene rings is 1. The van der Waals surface area contributed by atoms with Gasteiger partial charge in [-0.25, -0.2) is 4.68 Å². The summed E-state index contributed by atoms with van der Waals surface area (Å²) in [5.41, 5.74) is 0.789. The second-order valence-electron chi connectivity index (χ2n) is 5.13. The number of aromatic nitrogens is 3. The second-order valence-corrected chi connectivity index (χ2v) is 6.08. The molecule has 0 fully saturated rings. The number of hydrogen-bond donors (Lipinski definition) is 2. The zero-order chi connectivity index (χ0) is 16.2. The molecule has 1 atom stereocenters. The third-order valence-corrected chi connectivity index (χ3v) is 4.46. The van der Waals surface area contributed by atoms with E-state index < -0.39 is 0 Å². The van der Waals surface area contributed by atoms with E-state index in [-0.39, 0.29) is 18.6 Å². The molecule has 1 unspecified atom stereocenters. The maximum absolute atomic E-state index is 12.4. The van der Waals surface area contributed by atoms with Crippen molar-refractivity contribution < 1.29 is 9.90 Å². The van der Waals surface area contributed by atoms with Crippen molar-refractivity contribution in [1.82, 2.24) is 14.3 Å². The lowest BCUT2D eigenvalue weighted by atomic mass is 10.3. The van der Waals surface area contributed by atoms with Crippen molar-refractivity contribution in [2.45, 2.75) is 19.5 Å². The summed E-state index contributed by atoms with van der Waals surface area (Å²) < 4.78 is 3.46. The van der Waals surface area contributed by atoms with Gasteiger partial charge in [0.15, 0.2) is 0 Å². The quantitative estimate of drug-likeness (QED) is 0.730. The molecule has 3 aromatic rings. The highest BCUT2D eigenvalue weighted by Gasteiger charge is 2.17. The molecule has 0 radical (unpaired) electrons. The monoisotopic (exact) mass is 330 g/mol. The van der Waals surface area contributed by atoms with Gasteiger partial charge in [-0.05, 0) is 30.5 Å². The Hall–Kier alpha value is -2.38. The summed E-state index contributed by atoms with van der Waals surface area (Å²) >= 11 is 1.58. The van der Waals surface area contributed by atoms with E-state index >= 15 is 0 Å². The molecule has 0 aliphatic rings. The highest BCUT2D eigenvalue weighted by Crippen LogP contribution is 2.26. The van der Waals surface area contributed by atoms with Gasteiger partial charge >= 0.3 is 0 Å². The Kier molecular flexibility index (Phi) is 4.59.